The van der Waals surface area contributed by atoms with Crippen LogP contribution in [0.2, 0.25) is 0 Å². The van der Waals surface area contributed by atoms with Crippen molar-refractivity contribution in [1.82, 2.24) is 9.97 Å². The van der Waals surface area contributed by atoms with Gasteiger partial charge in [-0.3, -0.25) is 0 Å². The average Bonchev–Trinajstić information content (AvgIpc) is 2.37. The Morgan fingerprint density at radius 2 is 2.00 bits per heavy atom. The molecule has 0 bridgehead atoms. The minimum Gasteiger partial charge on any atom is -0.481 e. The number of methoxy groups -OCH3 is 2. The van der Waals surface area contributed by atoms with Crippen molar-refractivity contribution in [2.24, 2.45) is 0 Å². The van der Waals surface area contributed by atoms with E-state index in [1.165, 1.54) is 26.0 Å². The zero-order valence-electron chi connectivity index (χ0n) is 9.55. The summed E-state index contributed by atoms with van der Waals surface area (Å²) in [6.45, 7) is 0. The molecule has 1 unspecified atom stereocenters. The van der Waals surface area contributed by atoms with Crippen molar-refractivity contribution in [3.8, 4) is 11.8 Å². The van der Waals surface area contributed by atoms with E-state index in [0.29, 0.717) is 29.2 Å². The molecule has 7 heteroatoms. The predicted molar refractivity (Wildman–Crippen MR) is 66.2 cm³/mol. The minimum absolute atomic E-state index is 0.260. The van der Waals surface area contributed by atoms with E-state index >= 15 is 0 Å². The quantitative estimate of drug-likeness (QED) is 0.327. The molecular formula is C10H13ClN2O3S. The molecule has 0 aromatic carbocycles. The molecule has 0 radical (unpaired) electrons. The Bertz CT molecular complexity index is 356. The van der Waals surface area contributed by atoms with Crippen LogP contribution in [0.1, 0.15) is 6.42 Å². The summed E-state index contributed by atoms with van der Waals surface area (Å²) in [6, 6.07) is 1.57. The number of carbonyl (C=O) groups is 1. The normalized spacial score (nSPS) is 11.9. The summed E-state index contributed by atoms with van der Waals surface area (Å²) in [7, 11) is 3.01. The molecule has 1 rings (SSSR count). The minimum atomic E-state index is -0.260. The second-order valence-corrected chi connectivity index (χ2v) is 4.59. The third kappa shape index (κ3) is 4.40. The van der Waals surface area contributed by atoms with Crippen LogP contribution in [0.4, 0.5) is 0 Å². The maximum absolute atomic E-state index is 10.8. The lowest BCUT2D eigenvalue weighted by Crippen LogP contribution is -2.06. The monoisotopic (exact) mass is 276 g/mol. The highest BCUT2D eigenvalue weighted by molar-refractivity contribution is 8.00. The van der Waals surface area contributed by atoms with E-state index in [9.17, 15) is 4.79 Å². The third-order valence-electron chi connectivity index (χ3n) is 1.88. The molecule has 0 amide bonds. The Hall–Kier alpha value is -1.01. The maximum Gasteiger partial charge on any atom is 0.220 e. The topological polar surface area (TPSA) is 61.3 Å². The zero-order chi connectivity index (χ0) is 12.7. The van der Waals surface area contributed by atoms with Crippen molar-refractivity contribution >= 4 is 29.6 Å². The largest absolute Gasteiger partial charge is 0.481 e. The molecule has 0 saturated carbocycles. The number of nitrogens with zero attached hydrogens (tertiary/aromatic N) is 2. The Morgan fingerprint density at radius 3 is 2.41 bits per heavy atom. The van der Waals surface area contributed by atoms with Gasteiger partial charge >= 0.3 is 0 Å². The van der Waals surface area contributed by atoms with Crippen molar-refractivity contribution in [1.29, 1.82) is 0 Å². The molecule has 0 aliphatic heterocycles. The average molecular weight is 277 g/mol. The number of hydrogen-bond acceptors (Lipinski definition) is 6. The maximum atomic E-state index is 10.8. The van der Waals surface area contributed by atoms with E-state index in [1.807, 2.05) is 0 Å². The number of carbonyl (C=O) groups excluding carboxylic acids is 1. The van der Waals surface area contributed by atoms with Crippen molar-refractivity contribution in [3.05, 3.63) is 6.07 Å². The van der Waals surface area contributed by atoms with Gasteiger partial charge < -0.3 is 14.3 Å². The first-order chi connectivity index (χ1) is 8.23. The van der Waals surface area contributed by atoms with Crippen LogP contribution in [0.25, 0.3) is 0 Å². The second kappa shape index (κ2) is 7.34. The lowest BCUT2D eigenvalue weighted by Gasteiger charge is -2.09. The van der Waals surface area contributed by atoms with Crippen LogP contribution < -0.4 is 9.47 Å². The molecule has 0 fully saturated rings. The first kappa shape index (κ1) is 14.1. The predicted octanol–water partition coefficient (Wildman–Crippen LogP) is 1.78. The van der Waals surface area contributed by atoms with Crippen LogP contribution in [0.5, 0.6) is 11.8 Å². The number of thioether (sulfide) groups is 1. The standard InChI is InChI=1S/C10H13ClN2O3S/c1-15-8-5-9(16-2)13-10(12-8)17-7(6-14)3-4-11/h5-7H,3-4H2,1-2H3. The van der Waals surface area contributed by atoms with Crippen LogP contribution in [-0.4, -0.2) is 41.6 Å². The number of ether oxygens (including phenoxy) is 2. The lowest BCUT2D eigenvalue weighted by atomic mass is 10.4. The van der Waals surface area contributed by atoms with E-state index in [1.54, 1.807) is 6.07 Å². The number of alkyl halides is 1. The van der Waals surface area contributed by atoms with Crippen molar-refractivity contribution in [2.45, 2.75) is 16.8 Å². The lowest BCUT2D eigenvalue weighted by molar-refractivity contribution is -0.107. The Balaban J connectivity index is 2.84. The summed E-state index contributed by atoms with van der Waals surface area (Å²) in [5, 5.41) is 0.174. The van der Waals surface area contributed by atoms with Crippen LogP contribution in [0, 0.1) is 0 Å². The first-order valence-corrected chi connectivity index (χ1v) is 6.30. The van der Waals surface area contributed by atoms with Crippen molar-refractivity contribution in [3.63, 3.8) is 0 Å². The summed E-state index contributed by atoms with van der Waals surface area (Å²) in [6.07, 6.45) is 1.40. The van der Waals surface area contributed by atoms with E-state index < -0.39 is 0 Å². The fourth-order valence-corrected chi connectivity index (χ4v) is 2.26. The Labute approximate surface area is 109 Å². The zero-order valence-corrected chi connectivity index (χ0v) is 11.1. The third-order valence-corrected chi connectivity index (χ3v) is 3.14. The summed E-state index contributed by atoms with van der Waals surface area (Å²) in [4.78, 5) is 19.0. The van der Waals surface area contributed by atoms with Gasteiger partial charge in [-0.15, -0.1) is 11.6 Å². The van der Waals surface area contributed by atoms with Gasteiger partial charge in [0.05, 0.1) is 25.5 Å². The Morgan fingerprint density at radius 1 is 1.41 bits per heavy atom. The highest BCUT2D eigenvalue weighted by Gasteiger charge is 2.13. The van der Waals surface area contributed by atoms with Gasteiger partial charge in [0.1, 0.15) is 6.29 Å². The van der Waals surface area contributed by atoms with Gasteiger partial charge in [-0.2, -0.15) is 9.97 Å². The number of aromatic nitrogens is 2. The Kier molecular flexibility index (Phi) is 6.07. The molecule has 0 N–H and O–H groups in total. The van der Waals surface area contributed by atoms with E-state index in [4.69, 9.17) is 21.1 Å². The summed E-state index contributed by atoms with van der Waals surface area (Å²) in [5.74, 6) is 1.21. The number of rotatable bonds is 7. The van der Waals surface area contributed by atoms with Crippen molar-refractivity contribution < 1.29 is 14.3 Å². The molecule has 0 aliphatic rings. The van der Waals surface area contributed by atoms with Gasteiger partial charge in [0.2, 0.25) is 11.8 Å². The van der Waals surface area contributed by atoms with Gasteiger partial charge in [-0.1, -0.05) is 11.8 Å². The fraction of sp³-hybridized carbons (Fsp3) is 0.500. The second-order valence-electron chi connectivity index (χ2n) is 3.01. The van der Waals surface area contributed by atoms with E-state index in [0.717, 1.165) is 6.29 Å². The van der Waals surface area contributed by atoms with E-state index in [-0.39, 0.29) is 5.25 Å². The number of hydrogen-bond donors (Lipinski definition) is 0. The number of halogens is 1. The van der Waals surface area contributed by atoms with Crippen LogP contribution >= 0.6 is 23.4 Å². The summed E-state index contributed by atoms with van der Waals surface area (Å²) >= 11 is 6.83. The molecule has 0 aliphatic carbocycles. The molecule has 0 spiro atoms. The molecule has 1 aromatic rings. The molecule has 1 heterocycles. The molecule has 1 aromatic heterocycles. The molecule has 5 nitrogen and oxygen atoms in total. The van der Waals surface area contributed by atoms with Crippen LogP contribution in [0.3, 0.4) is 0 Å². The molecule has 94 valence electrons. The van der Waals surface area contributed by atoms with Gasteiger partial charge in [0.25, 0.3) is 0 Å². The summed E-state index contributed by atoms with van der Waals surface area (Å²) in [5.41, 5.74) is 0. The highest BCUT2D eigenvalue weighted by atomic mass is 35.5. The molecule has 0 saturated heterocycles. The summed E-state index contributed by atoms with van der Waals surface area (Å²) < 4.78 is 10.0. The van der Waals surface area contributed by atoms with Crippen LogP contribution in [-0.2, 0) is 4.79 Å². The van der Waals surface area contributed by atoms with Gasteiger partial charge in [0.15, 0.2) is 5.16 Å². The van der Waals surface area contributed by atoms with Gasteiger partial charge in [-0.05, 0) is 6.42 Å². The molecule has 17 heavy (non-hydrogen) atoms. The van der Waals surface area contributed by atoms with Gasteiger partial charge in [0, 0.05) is 5.88 Å². The molecular weight excluding hydrogens is 264 g/mol. The number of aldehydes is 1. The van der Waals surface area contributed by atoms with Crippen LogP contribution in [0.15, 0.2) is 11.2 Å². The van der Waals surface area contributed by atoms with Gasteiger partial charge in [-0.25, -0.2) is 0 Å². The van der Waals surface area contributed by atoms with Crippen molar-refractivity contribution in [2.75, 3.05) is 20.1 Å². The first-order valence-electron chi connectivity index (χ1n) is 4.88. The highest BCUT2D eigenvalue weighted by Crippen LogP contribution is 2.25. The molecule has 1 atom stereocenters. The van der Waals surface area contributed by atoms with E-state index in [2.05, 4.69) is 9.97 Å². The SMILES string of the molecule is COc1cc(OC)nc(SC(C=O)CCCl)n1. The fourth-order valence-electron chi connectivity index (χ4n) is 1.04. The smallest absolute Gasteiger partial charge is 0.220 e.